The highest BCUT2D eigenvalue weighted by atomic mass is 35.5. The van der Waals surface area contributed by atoms with E-state index >= 15 is 0 Å². The van der Waals surface area contributed by atoms with Gasteiger partial charge in [0.25, 0.3) is 0 Å². The first-order valence-electron chi connectivity index (χ1n) is 16.6. The van der Waals surface area contributed by atoms with Gasteiger partial charge in [-0.1, -0.05) is 44.2 Å². The number of piperidine rings is 1. The molecule has 6 rings (SSSR count). The van der Waals surface area contributed by atoms with Crippen LogP contribution in [0.15, 0.2) is 55.5 Å². The lowest BCUT2D eigenvalue weighted by Gasteiger charge is -2.46. The molecule has 1 aromatic carbocycles. The number of nitrogens with zero attached hydrogens (tertiary/aromatic N) is 5. The smallest absolute Gasteiger partial charge is 0.247 e. The number of likely N-dealkylation sites (tertiary alicyclic amines) is 1. The quantitative estimate of drug-likeness (QED) is 0.202. The fraction of sp³-hybridized carbons (Fsp3) is 0.514. The van der Waals surface area contributed by atoms with E-state index < -0.39 is 0 Å². The van der Waals surface area contributed by atoms with Gasteiger partial charge in [-0.15, -0.1) is 0 Å². The van der Waals surface area contributed by atoms with Crippen LogP contribution in [0.3, 0.4) is 0 Å². The topological polar surface area (TPSA) is 117 Å². The summed E-state index contributed by atoms with van der Waals surface area (Å²) in [5, 5.41) is 14.3. The molecule has 3 aromatic rings. The van der Waals surface area contributed by atoms with Gasteiger partial charge in [0.05, 0.1) is 24.1 Å². The van der Waals surface area contributed by atoms with Crippen LogP contribution >= 0.6 is 11.6 Å². The highest BCUT2D eigenvalue weighted by Crippen LogP contribution is 2.49. The van der Waals surface area contributed by atoms with Crippen molar-refractivity contribution >= 4 is 46.6 Å². The van der Waals surface area contributed by atoms with Crippen molar-refractivity contribution in [3.63, 3.8) is 0 Å². The maximum atomic E-state index is 13.4. The number of carbonyl (C=O) groups is 2. The van der Waals surface area contributed by atoms with Crippen LogP contribution in [0.25, 0.3) is 0 Å². The molecule has 244 valence electrons. The molecule has 0 radical (unpaired) electrons. The lowest BCUT2D eigenvalue weighted by molar-refractivity contribution is -0.135. The first-order valence-corrected chi connectivity index (χ1v) is 17.0. The molecule has 2 amide bonds. The van der Waals surface area contributed by atoms with Gasteiger partial charge in [-0.25, -0.2) is 4.98 Å². The van der Waals surface area contributed by atoms with E-state index in [0.717, 1.165) is 54.9 Å². The number of fused-ring (bicyclic) bond motifs is 2. The molecule has 2 unspecified atom stereocenters. The van der Waals surface area contributed by atoms with Crippen LogP contribution in [0.4, 0.5) is 23.1 Å². The number of anilines is 4. The standard InChI is InChI=1S/C35H45ClN8O2/c1-4-32(45)40-27-7-5-6-24(16-27)18-37-34-31(36)20-38-35(42-34)41-28-19-39-44(21-28)29-8-10-43(11-9-29)33(46)17-30-23(3)14-25-12-22(2)13-26(30)15-25/h4-7,16,19-23,25-26,29-30H,1,8-15,17-18H2,2-3H3,(H,40,45)(H2,37,38,41,42)/t22?,23-,25+,26+,30?/m0/s1. The number of hydrogen-bond acceptors (Lipinski definition) is 7. The zero-order chi connectivity index (χ0) is 32.2. The van der Waals surface area contributed by atoms with Crippen molar-refractivity contribution in [2.75, 3.05) is 29.0 Å². The van der Waals surface area contributed by atoms with Crippen LogP contribution in [0.1, 0.15) is 70.4 Å². The van der Waals surface area contributed by atoms with Crippen LogP contribution in [0.5, 0.6) is 0 Å². The lowest BCUT2D eigenvalue weighted by Crippen LogP contribution is -2.43. The fourth-order valence-corrected chi connectivity index (χ4v) is 8.17. The number of hydrogen-bond donors (Lipinski definition) is 3. The Morgan fingerprint density at radius 2 is 1.91 bits per heavy atom. The summed E-state index contributed by atoms with van der Waals surface area (Å²) in [5.41, 5.74) is 2.41. The molecular formula is C35H45ClN8O2. The zero-order valence-electron chi connectivity index (χ0n) is 26.8. The second-order valence-corrected chi connectivity index (χ2v) is 14.0. The number of rotatable bonds is 10. The van der Waals surface area contributed by atoms with Crippen molar-refractivity contribution in [1.29, 1.82) is 0 Å². The minimum atomic E-state index is -0.264. The first-order chi connectivity index (χ1) is 22.2. The van der Waals surface area contributed by atoms with Crippen molar-refractivity contribution in [2.45, 2.75) is 71.4 Å². The number of amides is 2. The van der Waals surface area contributed by atoms with Crippen molar-refractivity contribution in [2.24, 2.45) is 29.6 Å². The van der Waals surface area contributed by atoms with Crippen LogP contribution in [-0.4, -0.2) is 49.6 Å². The molecule has 46 heavy (non-hydrogen) atoms. The molecule has 3 N–H and O–H groups in total. The molecule has 2 aromatic heterocycles. The maximum absolute atomic E-state index is 13.4. The van der Waals surface area contributed by atoms with E-state index in [9.17, 15) is 9.59 Å². The molecule has 11 heteroatoms. The highest BCUT2D eigenvalue weighted by Gasteiger charge is 2.41. The molecular weight excluding hydrogens is 600 g/mol. The van der Waals surface area contributed by atoms with Crippen molar-refractivity contribution in [3.05, 3.63) is 66.1 Å². The van der Waals surface area contributed by atoms with Gasteiger partial charge in [-0.2, -0.15) is 10.1 Å². The molecule has 3 aliphatic rings. The third-order valence-electron chi connectivity index (χ3n) is 10.2. The van der Waals surface area contributed by atoms with Crippen LogP contribution in [0.2, 0.25) is 5.02 Å². The molecule has 1 aliphatic heterocycles. The lowest BCUT2D eigenvalue weighted by atomic mass is 9.59. The third kappa shape index (κ3) is 7.71. The van der Waals surface area contributed by atoms with Crippen molar-refractivity contribution in [1.82, 2.24) is 24.6 Å². The Hall–Kier alpha value is -3.92. The summed E-state index contributed by atoms with van der Waals surface area (Å²) < 4.78 is 1.99. The maximum Gasteiger partial charge on any atom is 0.247 e. The van der Waals surface area contributed by atoms with Gasteiger partial charge in [-0.3, -0.25) is 14.3 Å². The van der Waals surface area contributed by atoms with E-state index in [1.807, 2.05) is 35.1 Å². The Morgan fingerprint density at radius 3 is 2.72 bits per heavy atom. The van der Waals surface area contributed by atoms with Gasteiger partial charge in [0.1, 0.15) is 5.02 Å². The van der Waals surface area contributed by atoms with Crippen LogP contribution in [0, 0.1) is 29.6 Å². The van der Waals surface area contributed by atoms with Gasteiger partial charge in [0.15, 0.2) is 5.82 Å². The summed E-state index contributed by atoms with van der Waals surface area (Å²) in [6.45, 7) is 10.3. The monoisotopic (exact) mass is 644 g/mol. The van der Waals surface area contributed by atoms with E-state index in [1.54, 1.807) is 12.4 Å². The van der Waals surface area contributed by atoms with Crippen LogP contribution in [-0.2, 0) is 16.1 Å². The Balaban J connectivity index is 0.999. The van der Waals surface area contributed by atoms with Gasteiger partial charge in [0, 0.05) is 37.9 Å². The minimum Gasteiger partial charge on any atom is -0.365 e. The molecule has 10 nitrogen and oxygen atoms in total. The second kappa shape index (κ2) is 14.2. The van der Waals surface area contributed by atoms with E-state index in [1.165, 1.54) is 31.8 Å². The zero-order valence-corrected chi connectivity index (χ0v) is 27.5. The Kier molecular flexibility index (Phi) is 9.92. The first kappa shape index (κ1) is 32.0. The second-order valence-electron chi connectivity index (χ2n) is 13.6. The number of benzene rings is 1. The average Bonchev–Trinajstić information content (AvgIpc) is 3.51. The van der Waals surface area contributed by atoms with E-state index in [4.69, 9.17) is 11.6 Å². The summed E-state index contributed by atoms with van der Waals surface area (Å²) in [7, 11) is 0. The van der Waals surface area contributed by atoms with Crippen LogP contribution < -0.4 is 16.0 Å². The predicted molar refractivity (Wildman–Crippen MR) is 182 cm³/mol. The molecule has 2 bridgehead atoms. The Bertz CT molecular complexity index is 1550. The summed E-state index contributed by atoms with van der Waals surface area (Å²) in [6.07, 6.45) is 14.3. The number of aromatic nitrogens is 4. The summed E-state index contributed by atoms with van der Waals surface area (Å²) in [6, 6.07) is 7.74. The van der Waals surface area contributed by atoms with Crippen molar-refractivity contribution < 1.29 is 9.59 Å². The van der Waals surface area contributed by atoms with Gasteiger partial charge in [-0.05, 0) is 91.9 Å². The number of carbonyl (C=O) groups excluding carboxylic acids is 2. The molecule has 0 spiro atoms. The van der Waals surface area contributed by atoms with E-state index in [2.05, 4.69) is 56.3 Å². The third-order valence-corrected chi connectivity index (χ3v) is 10.4. The highest BCUT2D eigenvalue weighted by molar-refractivity contribution is 6.32. The summed E-state index contributed by atoms with van der Waals surface area (Å²) >= 11 is 6.39. The van der Waals surface area contributed by atoms with Crippen molar-refractivity contribution in [3.8, 4) is 0 Å². The molecule has 3 heterocycles. The molecule has 5 atom stereocenters. The predicted octanol–water partition coefficient (Wildman–Crippen LogP) is 7.07. The Labute approximate surface area is 276 Å². The Morgan fingerprint density at radius 1 is 1.09 bits per heavy atom. The van der Waals surface area contributed by atoms with Gasteiger partial charge >= 0.3 is 0 Å². The molecule has 3 fully saturated rings. The van der Waals surface area contributed by atoms with Gasteiger partial charge < -0.3 is 20.9 Å². The van der Waals surface area contributed by atoms with E-state index in [-0.39, 0.29) is 11.9 Å². The molecule has 2 saturated carbocycles. The van der Waals surface area contributed by atoms with Gasteiger partial charge in [0.2, 0.25) is 17.8 Å². The summed E-state index contributed by atoms with van der Waals surface area (Å²) in [4.78, 5) is 36.0. The fourth-order valence-electron chi connectivity index (χ4n) is 8.01. The SMILES string of the molecule is C=CC(=O)Nc1cccc(CNc2nc(Nc3cnn(C4CCN(C(=O)CC5[C@@H]6CC(C)C[C@@H](C6)C[C@@H]5C)CC4)c3)ncc2Cl)c1. The number of halogens is 1. The minimum absolute atomic E-state index is 0.239. The average molecular weight is 645 g/mol. The molecule has 2 aliphatic carbocycles. The summed E-state index contributed by atoms with van der Waals surface area (Å²) in [5.74, 6) is 4.55. The number of nitrogens with one attached hydrogen (secondary N) is 3. The largest absolute Gasteiger partial charge is 0.365 e. The normalized spacial score (nSPS) is 24.7. The molecule has 1 saturated heterocycles. The van der Waals surface area contributed by atoms with E-state index in [0.29, 0.717) is 53.2 Å².